The molecule has 2 aromatic rings. The lowest BCUT2D eigenvalue weighted by Crippen LogP contribution is -1.95. The number of pyridine rings is 1. The predicted molar refractivity (Wildman–Crippen MR) is 58.3 cm³/mol. The van der Waals surface area contributed by atoms with E-state index in [1.54, 1.807) is 6.20 Å². The summed E-state index contributed by atoms with van der Waals surface area (Å²) in [6.07, 6.45) is 1.57. The molecule has 13 heavy (non-hydrogen) atoms. The van der Waals surface area contributed by atoms with Crippen molar-refractivity contribution in [2.24, 2.45) is 0 Å². The molecule has 1 heterocycles. The smallest absolute Gasteiger partial charge is 0.131 e. The van der Waals surface area contributed by atoms with Crippen molar-refractivity contribution in [1.82, 2.24) is 4.98 Å². The molecule has 0 fully saturated rings. The molecule has 66 valence electrons. The van der Waals surface area contributed by atoms with Crippen LogP contribution >= 0.6 is 15.9 Å². The van der Waals surface area contributed by atoms with Crippen LogP contribution in [0.1, 0.15) is 0 Å². The zero-order valence-corrected chi connectivity index (χ0v) is 8.38. The van der Waals surface area contributed by atoms with E-state index >= 15 is 0 Å². The van der Waals surface area contributed by atoms with Crippen LogP contribution in [-0.4, -0.2) is 4.98 Å². The van der Waals surface area contributed by atoms with Gasteiger partial charge in [0, 0.05) is 15.2 Å². The highest BCUT2D eigenvalue weighted by Crippen LogP contribution is 2.27. The summed E-state index contributed by atoms with van der Waals surface area (Å²) in [5.41, 5.74) is 12.1. The Morgan fingerprint density at radius 1 is 1.15 bits per heavy atom. The van der Waals surface area contributed by atoms with Crippen LogP contribution in [0.4, 0.5) is 11.5 Å². The fraction of sp³-hybridized carbons (Fsp3) is 0. The summed E-state index contributed by atoms with van der Waals surface area (Å²) in [6, 6.07) is 5.76. The Labute approximate surface area is 83.9 Å². The molecule has 3 nitrogen and oxygen atoms in total. The summed E-state index contributed by atoms with van der Waals surface area (Å²) in [5, 5.41) is 1.82. The maximum Gasteiger partial charge on any atom is 0.131 e. The van der Waals surface area contributed by atoms with E-state index in [-0.39, 0.29) is 0 Å². The maximum absolute atomic E-state index is 5.74. The number of nitrogen functional groups attached to an aromatic ring is 2. The van der Waals surface area contributed by atoms with Crippen LogP contribution in [0.25, 0.3) is 10.8 Å². The van der Waals surface area contributed by atoms with E-state index in [1.807, 2.05) is 18.2 Å². The molecule has 0 aliphatic carbocycles. The minimum absolute atomic E-state index is 0.505. The summed E-state index contributed by atoms with van der Waals surface area (Å²) < 4.78 is 0.971. The summed E-state index contributed by atoms with van der Waals surface area (Å²) in [4.78, 5) is 3.98. The first kappa shape index (κ1) is 8.31. The van der Waals surface area contributed by atoms with Crippen LogP contribution in [0.5, 0.6) is 0 Å². The molecule has 4 N–H and O–H groups in total. The van der Waals surface area contributed by atoms with Crippen molar-refractivity contribution >= 4 is 38.2 Å². The molecule has 0 spiro atoms. The predicted octanol–water partition coefficient (Wildman–Crippen LogP) is 2.16. The lowest BCUT2D eigenvalue weighted by atomic mass is 10.1. The molecular formula is C9H8BrN3. The van der Waals surface area contributed by atoms with Crippen LogP contribution in [0, 0.1) is 0 Å². The molecule has 0 saturated carbocycles. The third kappa shape index (κ3) is 1.33. The third-order valence-corrected chi connectivity index (χ3v) is 2.40. The average Bonchev–Trinajstić information content (AvgIpc) is 2.12. The van der Waals surface area contributed by atoms with Gasteiger partial charge in [0.15, 0.2) is 0 Å². The number of hydrogen-bond donors (Lipinski definition) is 2. The highest BCUT2D eigenvalue weighted by Gasteiger charge is 2.02. The van der Waals surface area contributed by atoms with Gasteiger partial charge in [-0.1, -0.05) is 22.0 Å². The maximum atomic E-state index is 5.74. The van der Waals surface area contributed by atoms with Gasteiger partial charge in [0.05, 0.1) is 11.9 Å². The van der Waals surface area contributed by atoms with Crippen molar-refractivity contribution in [3.63, 3.8) is 0 Å². The fourth-order valence-electron chi connectivity index (χ4n) is 1.26. The molecule has 1 aromatic heterocycles. The zero-order valence-electron chi connectivity index (χ0n) is 6.79. The van der Waals surface area contributed by atoms with Crippen molar-refractivity contribution in [2.75, 3.05) is 11.5 Å². The van der Waals surface area contributed by atoms with E-state index in [9.17, 15) is 0 Å². The third-order valence-electron chi connectivity index (χ3n) is 1.91. The van der Waals surface area contributed by atoms with E-state index < -0.39 is 0 Å². The second-order valence-corrected chi connectivity index (χ2v) is 3.70. The molecular weight excluding hydrogens is 230 g/mol. The molecule has 0 saturated heterocycles. The average molecular weight is 238 g/mol. The van der Waals surface area contributed by atoms with E-state index in [2.05, 4.69) is 20.9 Å². The van der Waals surface area contributed by atoms with Gasteiger partial charge < -0.3 is 11.5 Å². The van der Waals surface area contributed by atoms with Crippen LogP contribution < -0.4 is 11.5 Å². The number of aromatic nitrogens is 1. The van der Waals surface area contributed by atoms with Gasteiger partial charge in [-0.05, 0) is 12.1 Å². The number of anilines is 2. The zero-order chi connectivity index (χ0) is 9.42. The SMILES string of the molecule is Nc1cnc(N)c2cc(Br)ccc12. The Morgan fingerprint density at radius 3 is 2.69 bits per heavy atom. The van der Waals surface area contributed by atoms with Gasteiger partial charge >= 0.3 is 0 Å². The van der Waals surface area contributed by atoms with Gasteiger partial charge in [0.1, 0.15) is 5.82 Å². The topological polar surface area (TPSA) is 64.9 Å². The number of halogens is 1. The van der Waals surface area contributed by atoms with Crippen molar-refractivity contribution in [1.29, 1.82) is 0 Å². The van der Waals surface area contributed by atoms with Crippen LogP contribution in [-0.2, 0) is 0 Å². The van der Waals surface area contributed by atoms with Crippen molar-refractivity contribution in [3.8, 4) is 0 Å². The van der Waals surface area contributed by atoms with Gasteiger partial charge in [0.2, 0.25) is 0 Å². The van der Waals surface area contributed by atoms with E-state index in [1.165, 1.54) is 0 Å². The van der Waals surface area contributed by atoms with Crippen molar-refractivity contribution < 1.29 is 0 Å². The van der Waals surface area contributed by atoms with Crippen LogP contribution in [0.3, 0.4) is 0 Å². The molecule has 0 bridgehead atoms. The molecule has 0 aliphatic rings. The monoisotopic (exact) mass is 237 g/mol. The van der Waals surface area contributed by atoms with Gasteiger partial charge in [0.25, 0.3) is 0 Å². The summed E-state index contributed by atoms with van der Waals surface area (Å²) >= 11 is 3.37. The molecule has 0 unspecified atom stereocenters. The fourth-order valence-corrected chi connectivity index (χ4v) is 1.62. The molecule has 0 atom stereocenters. The first-order valence-electron chi connectivity index (χ1n) is 3.77. The van der Waals surface area contributed by atoms with Gasteiger partial charge in [-0.2, -0.15) is 0 Å². The molecule has 4 heteroatoms. The minimum Gasteiger partial charge on any atom is -0.397 e. The molecule has 2 rings (SSSR count). The van der Waals surface area contributed by atoms with Crippen molar-refractivity contribution in [2.45, 2.75) is 0 Å². The van der Waals surface area contributed by atoms with Gasteiger partial charge in [-0.25, -0.2) is 4.98 Å². The number of nitrogens with zero attached hydrogens (tertiary/aromatic N) is 1. The lowest BCUT2D eigenvalue weighted by molar-refractivity contribution is 1.37. The van der Waals surface area contributed by atoms with Crippen LogP contribution in [0.15, 0.2) is 28.9 Å². The number of fused-ring (bicyclic) bond motifs is 1. The summed E-state index contributed by atoms with van der Waals surface area (Å²) in [7, 11) is 0. The number of hydrogen-bond acceptors (Lipinski definition) is 3. The normalized spacial score (nSPS) is 10.5. The Morgan fingerprint density at radius 2 is 1.92 bits per heavy atom. The van der Waals surface area contributed by atoms with E-state index in [4.69, 9.17) is 11.5 Å². The molecule has 0 amide bonds. The molecule has 0 aliphatic heterocycles. The summed E-state index contributed by atoms with van der Waals surface area (Å²) in [6.45, 7) is 0. The second kappa shape index (κ2) is 2.88. The Hall–Kier alpha value is -1.29. The Balaban J connectivity index is 2.92. The molecule has 1 aromatic carbocycles. The number of rotatable bonds is 0. The van der Waals surface area contributed by atoms with E-state index in [0.717, 1.165) is 15.2 Å². The van der Waals surface area contributed by atoms with Gasteiger partial charge in [-0.15, -0.1) is 0 Å². The standard InChI is InChI=1S/C9H8BrN3/c10-5-1-2-6-7(3-5)9(12)13-4-8(6)11/h1-4H,11H2,(H2,12,13). The first-order chi connectivity index (χ1) is 6.18. The van der Waals surface area contributed by atoms with Crippen molar-refractivity contribution in [3.05, 3.63) is 28.9 Å². The van der Waals surface area contributed by atoms with E-state index in [0.29, 0.717) is 11.5 Å². The Kier molecular flexibility index (Phi) is 1.84. The number of nitrogens with two attached hydrogens (primary N) is 2. The van der Waals surface area contributed by atoms with Gasteiger partial charge in [-0.3, -0.25) is 0 Å². The largest absolute Gasteiger partial charge is 0.397 e. The van der Waals surface area contributed by atoms with Crippen LogP contribution in [0.2, 0.25) is 0 Å². The number of benzene rings is 1. The highest BCUT2D eigenvalue weighted by molar-refractivity contribution is 9.10. The first-order valence-corrected chi connectivity index (χ1v) is 4.57. The quantitative estimate of drug-likeness (QED) is 0.739. The minimum atomic E-state index is 0.505. The summed E-state index contributed by atoms with van der Waals surface area (Å²) in [5.74, 6) is 0.505. The molecule has 0 radical (unpaired) electrons. The Bertz CT molecular complexity index is 468. The lowest BCUT2D eigenvalue weighted by Gasteiger charge is -2.04. The second-order valence-electron chi connectivity index (χ2n) is 2.79. The highest BCUT2D eigenvalue weighted by atomic mass is 79.9.